The van der Waals surface area contributed by atoms with Gasteiger partial charge < -0.3 is 4.74 Å². The van der Waals surface area contributed by atoms with Gasteiger partial charge in [0.15, 0.2) is 0 Å². The zero-order valence-electron chi connectivity index (χ0n) is 9.43. The first kappa shape index (κ1) is 11.7. The molecule has 0 aliphatic heterocycles. The number of allylic oxidation sites excluding steroid dienone is 5. The standard InChI is InChI=1S/C13H16ClFO/c1-9-6-10(15)8-12(14)13(7-9)16-11-4-2-3-5-11/h7-8,11H,2-6H2,1H3. The molecule has 0 saturated heterocycles. The number of ether oxygens (including phenoxy) is 1. The van der Waals surface area contributed by atoms with Gasteiger partial charge in [-0.1, -0.05) is 17.2 Å². The van der Waals surface area contributed by atoms with E-state index in [1.807, 2.05) is 13.0 Å². The molecule has 2 aliphatic rings. The van der Waals surface area contributed by atoms with Gasteiger partial charge in [0.25, 0.3) is 0 Å². The van der Waals surface area contributed by atoms with Crippen LogP contribution in [0, 0.1) is 0 Å². The highest BCUT2D eigenvalue weighted by Gasteiger charge is 2.19. The second-order valence-corrected chi connectivity index (χ2v) is 4.90. The topological polar surface area (TPSA) is 9.23 Å². The van der Waals surface area contributed by atoms with Crippen LogP contribution in [0.4, 0.5) is 4.39 Å². The minimum absolute atomic E-state index is 0.205. The quantitative estimate of drug-likeness (QED) is 0.688. The molecule has 0 atom stereocenters. The average molecular weight is 243 g/mol. The molecule has 0 N–H and O–H groups in total. The molecule has 1 fully saturated rings. The maximum atomic E-state index is 13.3. The Morgan fingerprint density at radius 1 is 1.31 bits per heavy atom. The van der Waals surface area contributed by atoms with Crippen molar-refractivity contribution in [2.45, 2.75) is 45.1 Å². The molecule has 3 heteroatoms. The van der Waals surface area contributed by atoms with Crippen LogP contribution in [0.15, 0.2) is 34.3 Å². The van der Waals surface area contributed by atoms with Crippen molar-refractivity contribution >= 4 is 11.6 Å². The van der Waals surface area contributed by atoms with Gasteiger partial charge in [-0.2, -0.15) is 0 Å². The van der Waals surface area contributed by atoms with Gasteiger partial charge in [0.2, 0.25) is 0 Å². The number of hydrogen-bond acceptors (Lipinski definition) is 1. The van der Waals surface area contributed by atoms with Crippen LogP contribution >= 0.6 is 11.6 Å². The summed E-state index contributed by atoms with van der Waals surface area (Å²) in [5, 5.41) is 0.376. The van der Waals surface area contributed by atoms with Crippen molar-refractivity contribution in [3.05, 3.63) is 34.3 Å². The molecule has 0 radical (unpaired) electrons. The van der Waals surface area contributed by atoms with Gasteiger partial charge in [-0.15, -0.1) is 0 Å². The van der Waals surface area contributed by atoms with Crippen molar-refractivity contribution in [2.24, 2.45) is 0 Å². The highest BCUT2D eigenvalue weighted by Crippen LogP contribution is 2.30. The predicted octanol–water partition coefficient (Wildman–Crippen LogP) is 4.60. The summed E-state index contributed by atoms with van der Waals surface area (Å²) in [4.78, 5) is 0. The van der Waals surface area contributed by atoms with Crippen molar-refractivity contribution in [3.63, 3.8) is 0 Å². The zero-order chi connectivity index (χ0) is 11.5. The van der Waals surface area contributed by atoms with Crippen LogP contribution < -0.4 is 0 Å². The monoisotopic (exact) mass is 242 g/mol. The Labute approximate surface area is 101 Å². The molecule has 0 aromatic rings. The summed E-state index contributed by atoms with van der Waals surface area (Å²) in [6, 6.07) is 0. The molecule has 2 aliphatic carbocycles. The van der Waals surface area contributed by atoms with E-state index >= 15 is 0 Å². The van der Waals surface area contributed by atoms with Crippen molar-refractivity contribution in [1.82, 2.24) is 0 Å². The van der Waals surface area contributed by atoms with E-state index in [0.717, 1.165) is 18.4 Å². The van der Waals surface area contributed by atoms with Crippen molar-refractivity contribution in [1.29, 1.82) is 0 Å². The van der Waals surface area contributed by atoms with Crippen LogP contribution in [0.1, 0.15) is 39.0 Å². The fourth-order valence-corrected chi connectivity index (χ4v) is 2.36. The summed E-state index contributed by atoms with van der Waals surface area (Å²) >= 11 is 6.02. The van der Waals surface area contributed by atoms with Crippen LogP contribution in [0.25, 0.3) is 0 Å². The van der Waals surface area contributed by atoms with Gasteiger partial charge in [0, 0.05) is 6.42 Å². The molecule has 0 aromatic heterocycles. The van der Waals surface area contributed by atoms with Gasteiger partial charge >= 0.3 is 0 Å². The van der Waals surface area contributed by atoms with Crippen molar-refractivity contribution < 1.29 is 9.13 Å². The molecule has 16 heavy (non-hydrogen) atoms. The predicted molar refractivity (Wildman–Crippen MR) is 63.8 cm³/mol. The summed E-state index contributed by atoms with van der Waals surface area (Å²) in [5.41, 5.74) is 0.942. The fourth-order valence-electron chi connectivity index (χ4n) is 2.15. The maximum absolute atomic E-state index is 13.3. The minimum atomic E-state index is -0.205. The zero-order valence-corrected chi connectivity index (χ0v) is 10.2. The Balaban J connectivity index is 2.16. The molecule has 1 nitrogen and oxygen atoms in total. The lowest BCUT2D eigenvalue weighted by molar-refractivity contribution is 0.130. The van der Waals surface area contributed by atoms with E-state index < -0.39 is 0 Å². The number of halogens is 2. The van der Waals surface area contributed by atoms with E-state index in [2.05, 4.69) is 0 Å². The molecular weight excluding hydrogens is 227 g/mol. The lowest BCUT2D eigenvalue weighted by Gasteiger charge is -2.14. The molecule has 0 amide bonds. The van der Waals surface area contributed by atoms with Crippen LogP contribution in [0.2, 0.25) is 0 Å². The first-order chi connectivity index (χ1) is 7.65. The van der Waals surface area contributed by atoms with Gasteiger partial charge in [0.05, 0.1) is 11.1 Å². The molecule has 2 rings (SSSR count). The van der Waals surface area contributed by atoms with E-state index in [1.165, 1.54) is 18.9 Å². The normalized spacial score (nSPS) is 22.9. The smallest absolute Gasteiger partial charge is 0.138 e. The number of hydrogen-bond donors (Lipinski definition) is 0. The van der Waals surface area contributed by atoms with Gasteiger partial charge in [-0.3, -0.25) is 0 Å². The van der Waals surface area contributed by atoms with Crippen molar-refractivity contribution in [3.8, 4) is 0 Å². The molecular formula is C13H16ClFO. The van der Waals surface area contributed by atoms with E-state index in [0.29, 0.717) is 17.2 Å². The largest absolute Gasteiger partial charge is 0.489 e. The summed E-state index contributed by atoms with van der Waals surface area (Å²) in [7, 11) is 0. The third-order valence-corrected chi connectivity index (χ3v) is 3.24. The summed E-state index contributed by atoms with van der Waals surface area (Å²) < 4.78 is 19.1. The van der Waals surface area contributed by atoms with E-state index in [1.54, 1.807) is 0 Å². The third kappa shape index (κ3) is 2.88. The highest BCUT2D eigenvalue weighted by atomic mass is 35.5. The molecule has 1 saturated carbocycles. The first-order valence-electron chi connectivity index (χ1n) is 5.75. The summed E-state index contributed by atoms with van der Waals surface area (Å²) in [6.45, 7) is 1.89. The highest BCUT2D eigenvalue weighted by molar-refractivity contribution is 6.31. The average Bonchev–Trinajstić information content (AvgIpc) is 2.64. The Morgan fingerprint density at radius 2 is 2.00 bits per heavy atom. The second kappa shape index (κ2) is 5.05. The Morgan fingerprint density at radius 3 is 2.69 bits per heavy atom. The van der Waals surface area contributed by atoms with Crippen LogP contribution in [-0.4, -0.2) is 6.10 Å². The van der Waals surface area contributed by atoms with E-state index in [4.69, 9.17) is 16.3 Å². The van der Waals surface area contributed by atoms with E-state index in [9.17, 15) is 4.39 Å². The van der Waals surface area contributed by atoms with Crippen molar-refractivity contribution in [2.75, 3.05) is 0 Å². The Hall–Kier alpha value is -0.760. The maximum Gasteiger partial charge on any atom is 0.138 e. The third-order valence-electron chi connectivity index (χ3n) is 2.94. The van der Waals surface area contributed by atoms with Gasteiger partial charge in [-0.05, 0) is 44.8 Å². The van der Waals surface area contributed by atoms with E-state index in [-0.39, 0.29) is 11.9 Å². The molecule has 0 bridgehead atoms. The molecule has 88 valence electrons. The lowest BCUT2D eigenvalue weighted by Crippen LogP contribution is -2.06. The van der Waals surface area contributed by atoms with Crippen LogP contribution in [0.5, 0.6) is 0 Å². The Bertz CT molecular complexity index is 362. The SMILES string of the molecule is CC1=CC(OC2CCCC2)=C(Cl)C=C(F)C1. The van der Waals surface area contributed by atoms with Gasteiger partial charge in [-0.25, -0.2) is 4.39 Å². The molecule has 0 unspecified atom stereocenters. The van der Waals surface area contributed by atoms with Crippen LogP contribution in [-0.2, 0) is 4.74 Å². The van der Waals surface area contributed by atoms with Crippen LogP contribution in [0.3, 0.4) is 0 Å². The summed E-state index contributed by atoms with van der Waals surface area (Å²) in [6.07, 6.45) is 8.36. The first-order valence-corrected chi connectivity index (χ1v) is 6.12. The molecule has 0 heterocycles. The van der Waals surface area contributed by atoms with Gasteiger partial charge in [0.1, 0.15) is 11.6 Å². The second-order valence-electron chi connectivity index (χ2n) is 4.50. The molecule has 0 aromatic carbocycles. The summed E-state index contributed by atoms with van der Waals surface area (Å²) in [5.74, 6) is 0.419. The Kier molecular flexibility index (Phi) is 3.70. The fraction of sp³-hybridized carbons (Fsp3) is 0.538. The lowest BCUT2D eigenvalue weighted by atomic mass is 10.2. The minimum Gasteiger partial charge on any atom is -0.489 e. The number of rotatable bonds is 2. The molecule has 0 spiro atoms.